The van der Waals surface area contributed by atoms with Gasteiger partial charge in [0.15, 0.2) is 5.76 Å². The van der Waals surface area contributed by atoms with Gasteiger partial charge in [-0.2, -0.15) is 9.78 Å². The highest BCUT2D eigenvalue weighted by Gasteiger charge is 2.17. The van der Waals surface area contributed by atoms with Gasteiger partial charge >= 0.3 is 0 Å². The van der Waals surface area contributed by atoms with Crippen LogP contribution in [-0.2, 0) is 6.61 Å². The number of hydrogen-bond donors (Lipinski definition) is 0. The maximum Gasteiger partial charge on any atom is 0.282 e. The maximum absolute atomic E-state index is 13.6. The molecule has 0 aliphatic heterocycles. The van der Waals surface area contributed by atoms with Crippen molar-refractivity contribution in [2.45, 2.75) is 6.61 Å². The van der Waals surface area contributed by atoms with E-state index in [4.69, 9.17) is 48.9 Å². The third kappa shape index (κ3) is 5.98. The molecular weight excluding hydrogens is 811 g/mol. The first-order valence-corrected chi connectivity index (χ1v) is 15.4. The van der Waals surface area contributed by atoms with Crippen molar-refractivity contribution in [2.75, 3.05) is 0 Å². The number of aromatic nitrogens is 2. The molecule has 0 unspecified atom stereocenters. The first kappa shape index (κ1) is 28.5. The molecule has 11 heteroatoms. The summed E-state index contributed by atoms with van der Waals surface area (Å²) in [5.41, 5.74) is 2.46. The predicted octanol–water partition coefficient (Wildman–Crippen LogP) is 9.44. The number of furan rings is 1. The fourth-order valence-electron chi connectivity index (χ4n) is 4.22. The smallest absolute Gasteiger partial charge is 0.282 e. The van der Waals surface area contributed by atoms with E-state index in [-0.39, 0.29) is 11.4 Å². The van der Waals surface area contributed by atoms with Crippen molar-refractivity contribution >= 4 is 108 Å². The SMILES string of the molecule is O=c1c2ccccc2nc(-c2cc3cc(Cl)ccc3o2)n1N=Cc1cc(I)c(OCc2ccc(Cl)cc2Cl)c(I)c1. The van der Waals surface area contributed by atoms with Crippen LogP contribution in [0.4, 0.5) is 0 Å². The van der Waals surface area contributed by atoms with Crippen LogP contribution in [0.3, 0.4) is 0 Å². The van der Waals surface area contributed by atoms with Crippen molar-refractivity contribution in [1.82, 2.24) is 9.66 Å². The molecule has 0 amide bonds. The summed E-state index contributed by atoms with van der Waals surface area (Å²) in [6, 6.07) is 23.4. The van der Waals surface area contributed by atoms with Gasteiger partial charge in [-0.15, -0.1) is 0 Å². The Morgan fingerprint density at radius 1 is 0.927 bits per heavy atom. The summed E-state index contributed by atoms with van der Waals surface area (Å²) in [6.07, 6.45) is 1.62. The van der Waals surface area contributed by atoms with Crippen molar-refractivity contribution < 1.29 is 9.15 Å². The quantitative estimate of drug-likeness (QED) is 0.124. The molecular formula is C30H16Cl3I2N3O3. The number of ether oxygens (including phenoxy) is 1. The number of nitrogens with zero attached hydrogens (tertiary/aromatic N) is 3. The Balaban J connectivity index is 1.37. The maximum atomic E-state index is 13.6. The molecule has 0 spiro atoms. The van der Waals surface area contributed by atoms with Crippen LogP contribution >= 0.6 is 80.0 Å². The van der Waals surface area contributed by atoms with E-state index in [1.54, 1.807) is 60.8 Å². The van der Waals surface area contributed by atoms with Crippen LogP contribution in [-0.4, -0.2) is 15.9 Å². The van der Waals surface area contributed by atoms with Gasteiger partial charge in [0.25, 0.3) is 5.56 Å². The van der Waals surface area contributed by atoms with Gasteiger partial charge in [0.1, 0.15) is 17.9 Å². The van der Waals surface area contributed by atoms with Crippen LogP contribution in [0.5, 0.6) is 5.75 Å². The minimum absolute atomic E-state index is 0.279. The molecule has 0 aliphatic carbocycles. The van der Waals surface area contributed by atoms with Crippen LogP contribution in [0.15, 0.2) is 93.2 Å². The number of halogens is 5. The highest BCUT2D eigenvalue weighted by Crippen LogP contribution is 2.32. The van der Waals surface area contributed by atoms with Gasteiger partial charge in [0, 0.05) is 26.0 Å². The average Bonchev–Trinajstić information content (AvgIpc) is 3.36. The molecule has 0 fully saturated rings. The topological polar surface area (TPSA) is 69.6 Å². The Labute approximate surface area is 276 Å². The van der Waals surface area contributed by atoms with E-state index in [0.717, 1.165) is 29.4 Å². The summed E-state index contributed by atoms with van der Waals surface area (Å²) < 4.78 is 15.2. The number of hydrogen-bond acceptors (Lipinski definition) is 5. The van der Waals surface area contributed by atoms with E-state index in [2.05, 4.69) is 50.3 Å². The second kappa shape index (κ2) is 11.9. The minimum Gasteiger partial charge on any atom is -0.487 e. The van der Waals surface area contributed by atoms with Crippen LogP contribution in [0.1, 0.15) is 11.1 Å². The lowest BCUT2D eigenvalue weighted by Gasteiger charge is -2.12. The Hall–Kier alpha value is -2.64. The summed E-state index contributed by atoms with van der Waals surface area (Å²) >= 11 is 22.9. The van der Waals surface area contributed by atoms with Crippen LogP contribution in [0.2, 0.25) is 15.1 Å². The zero-order valence-corrected chi connectivity index (χ0v) is 27.3. The molecule has 0 aliphatic rings. The molecule has 4 aromatic carbocycles. The molecule has 2 aromatic heterocycles. The Bertz CT molecular complexity index is 2030. The molecule has 6 nitrogen and oxygen atoms in total. The highest BCUT2D eigenvalue weighted by molar-refractivity contribution is 14.1. The van der Waals surface area contributed by atoms with E-state index >= 15 is 0 Å². The third-order valence-corrected chi connectivity index (χ3v) is 8.61. The van der Waals surface area contributed by atoms with Gasteiger partial charge in [-0.1, -0.05) is 53.0 Å². The fraction of sp³-hybridized carbons (Fsp3) is 0.0333. The van der Waals surface area contributed by atoms with Gasteiger partial charge in [0.2, 0.25) is 5.82 Å². The fourth-order valence-corrected chi connectivity index (χ4v) is 6.99. The highest BCUT2D eigenvalue weighted by atomic mass is 127. The van der Waals surface area contributed by atoms with Crippen molar-refractivity contribution in [1.29, 1.82) is 0 Å². The van der Waals surface area contributed by atoms with Crippen LogP contribution in [0, 0.1) is 7.14 Å². The zero-order valence-electron chi connectivity index (χ0n) is 20.7. The summed E-state index contributed by atoms with van der Waals surface area (Å²) in [6.45, 7) is 0.291. The Morgan fingerprint density at radius 3 is 2.44 bits per heavy atom. The molecule has 204 valence electrons. The summed E-state index contributed by atoms with van der Waals surface area (Å²) in [4.78, 5) is 18.3. The van der Waals surface area contributed by atoms with Gasteiger partial charge in [0.05, 0.1) is 24.3 Å². The summed E-state index contributed by atoms with van der Waals surface area (Å²) in [5, 5.41) is 7.51. The van der Waals surface area contributed by atoms with E-state index in [1.165, 1.54) is 4.68 Å². The van der Waals surface area contributed by atoms with Gasteiger partial charge < -0.3 is 9.15 Å². The first-order valence-electron chi connectivity index (χ1n) is 12.1. The number of fused-ring (bicyclic) bond motifs is 2. The number of rotatable bonds is 6. The zero-order chi connectivity index (χ0) is 28.7. The van der Waals surface area contributed by atoms with Gasteiger partial charge in [-0.05, 0) is 111 Å². The second-order valence-corrected chi connectivity index (χ2v) is 12.5. The monoisotopic (exact) mass is 825 g/mol. The van der Waals surface area contributed by atoms with Crippen LogP contribution in [0.25, 0.3) is 33.5 Å². The minimum atomic E-state index is -0.315. The van der Waals surface area contributed by atoms with Crippen molar-refractivity contribution in [3.8, 4) is 17.3 Å². The molecule has 6 rings (SSSR count). The summed E-state index contributed by atoms with van der Waals surface area (Å²) in [5.74, 6) is 1.40. The molecule has 0 bridgehead atoms. The largest absolute Gasteiger partial charge is 0.487 e. The van der Waals surface area contributed by atoms with E-state index in [1.807, 2.05) is 24.3 Å². The van der Waals surface area contributed by atoms with E-state index in [0.29, 0.717) is 43.9 Å². The Kier molecular flexibility index (Phi) is 8.28. The lowest BCUT2D eigenvalue weighted by Crippen LogP contribution is -2.20. The molecule has 0 saturated carbocycles. The normalized spacial score (nSPS) is 11.6. The standard InChI is InChI=1S/C30H16Cl3I2N3O3/c31-19-7-8-26-18(11-19)12-27(41-26)29-37-25-4-2-1-3-21(25)30(39)38(29)36-14-16-9-23(34)28(24(35)10-16)40-15-17-5-6-20(32)13-22(17)33/h1-14H,15H2. The lowest BCUT2D eigenvalue weighted by atomic mass is 10.2. The predicted molar refractivity (Wildman–Crippen MR) is 182 cm³/mol. The molecule has 2 heterocycles. The van der Waals surface area contributed by atoms with Gasteiger partial charge in [-0.3, -0.25) is 4.79 Å². The van der Waals surface area contributed by atoms with E-state index in [9.17, 15) is 4.79 Å². The van der Waals surface area contributed by atoms with Crippen LogP contribution < -0.4 is 10.3 Å². The first-order chi connectivity index (χ1) is 19.8. The summed E-state index contributed by atoms with van der Waals surface area (Å²) in [7, 11) is 0. The molecule has 0 atom stereocenters. The van der Waals surface area contributed by atoms with E-state index < -0.39 is 0 Å². The molecule has 0 radical (unpaired) electrons. The molecule has 6 aromatic rings. The molecule has 41 heavy (non-hydrogen) atoms. The number of benzene rings is 4. The number of para-hydroxylation sites is 1. The van der Waals surface area contributed by atoms with Crippen molar-refractivity contribution in [2.24, 2.45) is 5.10 Å². The Morgan fingerprint density at radius 2 is 1.66 bits per heavy atom. The van der Waals surface area contributed by atoms with Crippen molar-refractivity contribution in [3.63, 3.8) is 0 Å². The lowest BCUT2D eigenvalue weighted by molar-refractivity contribution is 0.302. The average molecular weight is 827 g/mol. The molecule has 0 N–H and O–H groups in total. The second-order valence-electron chi connectivity index (χ2n) is 8.94. The molecule has 0 saturated heterocycles. The van der Waals surface area contributed by atoms with Crippen molar-refractivity contribution in [3.05, 3.63) is 123 Å². The third-order valence-electron chi connectivity index (χ3n) is 6.18. The van der Waals surface area contributed by atoms with Gasteiger partial charge in [-0.25, -0.2) is 4.98 Å².